The predicted octanol–water partition coefficient (Wildman–Crippen LogP) is 3.34. The van der Waals surface area contributed by atoms with E-state index in [1.165, 1.54) is 36.4 Å². The Labute approximate surface area is 122 Å². The van der Waals surface area contributed by atoms with E-state index >= 15 is 0 Å². The summed E-state index contributed by atoms with van der Waals surface area (Å²) in [6.45, 7) is 1.73. The molecule has 0 aliphatic heterocycles. The van der Waals surface area contributed by atoms with Crippen molar-refractivity contribution in [2.24, 2.45) is 0 Å². The lowest BCUT2D eigenvalue weighted by Crippen LogP contribution is -2.06. The Bertz CT molecular complexity index is 760. The van der Waals surface area contributed by atoms with Crippen LogP contribution in [-0.2, 0) is 15.6 Å². The lowest BCUT2D eigenvalue weighted by molar-refractivity contribution is 0.594. The van der Waals surface area contributed by atoms with Gasteiger partial charge in [-0.2, -0.15) is 0 Å². The molecule has 6 heteroatoms. The first-order valence-corrected chi connectivity index (χ1v) is 7.86. The van der Waals surface area contributed by atoms with Gasteiger partial charge in [-0.1, -0.05) is 23.7 Å². The molecule has 0 radical (unpaired) electrons. The van der Waals surface area contributed by atoms with Crippen molar-refractivity contribution < 1.29 is 12.8 Å². The molecule has 0 fully saturated rings. The fraction of sp³-hybridized carbons (Fsp3) is 0.143. The highest BCUT2D eigenvalue weighted by Crippen LogP contribution is 2.25. The van der Waals surface area contributed by atoms with E-state index in [9.17, 15) is 12.8 Å². The summed E-state index contributed by atoms with van der Waals surface area (Å²) in [6.07, 6.45) is 0. The summed E-state index contributed by atoms with van der Waals surface area (Å²) < 4.78 is 37.9. The molecule has 0 saturated heterocycles. The van der Waals surface area contributed by atoms with E-state index in [4.69, 9.17) is 17.3 Å². The van der Waals surface area contributed by atoms with E-state index in [1.54, 1.807) is 6.92 Å². The van der Waals surface area contributed by atoms with Crippen LogP contribution in [0.1, 0.15) is 11.1 Å². The van der Waals surface area contributed by atoms with E-state index < -0.39 is 15.7 Å². The number of aryl methyl sites for hydroxylation is 1. The van der Waals surface area contributed by atoms with Gasteiger partial charge in [-0.3, -0.25) is 0 Å². The summed E-state index contributed by atoms with van der Waals surface area (Å²) in [4.78, 5) is 0.143. The largest absolute Gasteiger partial charge is 0.399 e. The van der Waals surface area contributed by atoms with Crippen LogP contribution in [0.2, 0.25) is 5.02 Å². The smallest absolute Gasteiger partial charge is 0.182 e. The van der Waals surface area contributed by atoms with Crippen molar-refractivity contribution in [2.75, 3.05) is 5.73 Å². The van der Waals surface area contributed by atoms with Gasteiger partial charge >= 0.3 is 0 Å². The van der Waals surface area contributed by atoms with E-state index in [2.05, 4.69) is 0 Å². The third-order valence-electron chi connectivity index (χ3n) is 2.98. The fourth-order valence-electron chi connectivity index (χ4n) is 1.79. The first kappa shape index (κ1) is 14.8. The van der Waals surface area contributed by atoms with Gasteiger partial charge < -0.3 is 5.73 Å². The van der Waals surface area contributed by atoms with Gasteiger partial charge in [0.1, 0.15) is 5.82 Å². The molecule has 2 N–H and O–H groups in total. The fourth-order valence-corrected chi connectivity index (χ4v) is 3.51. The van der Waals surface area contributed by atoms with Crippen LogP contribution in [0.4, 0.5) is 10.1 Å². The summed E-state index contributed by atoms with van der Waals surface area (Å²) in [5, 5.41) is -0.164. The zero-order valence-electron chi connectivity index (χ0n) is 10.7. The number of nitrogen functional groups attached to an aromatic ring is 1. The Hall–Kier alpha value is -1.59. The zero-order chi connectivity index (χ0) is 14.9. The molecule has 106 valence electrons. The molecule has 2 rings (SSSR count). The molecule has 0 aliphatic rings. The molecule has 20 heavy (non-hydrogen) atoms. The molecule has 2 aromatic rings. The lowest BCUT2D eigenvalue weighted by atomic mass is 10.2. The van der Waals surface area contributed by atoms with Crippen molar-refractivity contribution in [3.63, 3.8) is 0 Å². The van der Waals surface area contributed by atoms with Crippen LogP contribution in [-0.4, -0.2) is 8.42 Å². The third kappa shape index (κ3) is 2.94. The normalized spacial score (nSPS) is 11.6. The molecule has 0 amide bonds. The minimum atomic E-state index is -3.60. The molecule has 0 aliphatic carbocycles. The van der Waals surface area contributed by atoms with Crippen LogP contribution in [0, 0.1) is 12.7 Å². The Morgan fingerprint density at radius 2 is 1.95 bits per heavy atom. The molecule has 0 saturated carbocycles. The van der Waals surface area contributed by atoms with Gasteiger partial charge in [0.15, 0.2) is 9.84 Å². The summed E-state index contributed by atoms with van der Waals surface area (Å²) >= 11 is 5.78. The molecule has 0 aromatic heterocycles. The number of anilines is 1. The minimum absolute atomic E-state index is 0.143. The number of hydrogen-bond donors (Lipinski definition) is 1. The summed E-state index contributed by atoms with van der Waals surface area (Å²) in [6, 6.07) is 8.58. The first-order valence-electron chi connectivity index (χ1n) is 5.83. The highest BCUT2D eigenvalue weighted by Gasteiger charge is 2.18. The molecule has 2 aromatic carbocycles. The second kappa shape index (κ2) is 5.42. The molecule has 0 spiro atoms. The average molecular weight is 314 g/mol. The number of benzene rings is 2. The van der Waals surface area contributed by atoms with Crippen LogP contribution in [0.5, 0.6) is 0 Å². The molecular formula is C14H13ClFNO2S. The van der Waals surface area contributed by atoms with Crippen molar-refractivity contribution in [1.29, 1.82) is 0 Å². The van der Waals surface area contributed by atoms with Crippen LogP contribution in [0.3, 0.4) is 0 Å². The van der Waals surface area contributed by atoms with Gasteiger partial charge in [0.05, 0.1) is 15.7 Å². The standard InChI is InChI=1S/C14H13ClFNO2S/c1-9-7-11(5-6-13(9)17)20(18,19)8-10-3-2-4-12(16)14(10)15/h2-7H,8,17H2,1H3. The first-order chi connectivity index (χ1) is 9.31. The highest BCUT2D eigenvalue weighted by molar-refractivity contribution is 7.90. The van der Waals surface area contributed by atoms with Crippen molar-refractivity contribution >= 4 is 27.1 Å². The summed E-state index contributed by atoms with van der Waals surface area (Å²) in [5.74, 6) is -0.986. The van der Waals surface area contributed by atoms with E-state index in [0.29, 0.717) is 11.3 Å². The van der Waals surface area contributed by atoms with Gasteiger partial charge in [-0.05, 0) is 42.3 Å². The van der Waals surface area contributed by atoms with Gasteiger partial charge in [0.25, 0.3) is 0 Å². The molecule has 0 heterocycles. The highest BCUT2D eigenvalue weighted by atomic mass is 35.5. The molecule has 0 bridgehead atoms. The number of halogens is 2. The quantitative estimate of drug-likeness (QED) is 0.884. The maximum absolute atomic E-state index is 13.3. The average Bonchev–Trinajstić information content (AvgIpc) is 2.38. The van der Waals surface area contributed by atoms with Crippen LogP contribution in [0.25, 0.3) is 0 Å². The maximum Gasteiger partial charge on any atom is 0.182 e. The van der Waals surface area contributed by atoms with Crippen molar-refractivity contribution in [1.82, 2.24) is 0 Å². The molecule has 0 atom stereocenters. The minimum Gasteiger partial charge on any atom is -0.399 e. The van der Waals surface area contributed by atoms with E-state index in [-0.39, 0.29) is 21.2 Å². The van der Waals surface area contributed by atoms with Gasteiger partial charge in [0, 0.05) is 5.69 Å². The molecule has 0 unspecified atom stereocenters. The second-order valence-corrected chi connectivity index (χ2v) is 6.86. The van der Waals surface area contributed by atoms with Gasteiger partial charge in [-0.15, -0.1) is 0 Å². The summed E-state index contributed by atoms with van der Waals surface area (Å²) in [7, 11) is -3.60. The maximum atomic E-state index is 13.3. The van der Waals surface area contributed by atoms with Crippen LogP contribution in [0.15, 0.2) is 41.3 Å². The second-order valence-electron chi connectivity index (χ2n) is 4.49. The predicted molar refractivity (Wildman–Crippen MR) is 77.9 cm³/mol. The van der Waals surface area contributed by atoms with Gasteiger partial charge in [-0.25, -0.2) is 12.8 Å². The van der Waals surface area contributed by atoms with E-state index in [1.807, 2.05) is 0 Å². The monoisotopic (exact) mass is 313 g/mol. The number of sulfone groups is 1. The Kier molecular flexibility index (Phi) is 4.01. The number of hydrogen-bond acceptors (Lipinski definition) is 3. The lowest BCUT2D eigenvalue weighted by Gasteiger charge is -2.08. The molecular weight excluding hydrogens is 301 g/mol. The van der Waals surface area contributed by atoms with Crippen LogP contribution >= 0.6 is 11.6 Å². The number of rotatable bonds is 3. The number of nitrogens with two attached hydrogens (primary N) is 1. The van der Waals surface area contributed by atoms with Crippen molar-refractivity contribution in [3.05, 3.63) is 58.4 Å². The van der Waals surface area contributed by atoms with E-state index in [0.717, 1.165) is 0 Å². The van der Waals surface area contributed by atoms with Gasteiger partial charge in [0.2, 0.25) is 0 Å². The summed E-state index contributed by atoms with van der Waals surface area (Å²) in [5.41, 5.74) is 7.10. The van der Waals surface area contributed by atoms with Crippen molar-refractivity contribution in [3.8, 4) is 0 Å². The van der Waals surface area contributed by atoms with Crippen LogP contribution < -0.4 is 5.73 Å². The van der Waals surface area contributed by atoms with Crippen molar-refractivity contribution in [2.45, 2.75) is 17.6 Å². The Morgan fingerprint density at radius 1 is 1.25 bits per heavy atom. The SMILES string of the molecule is Cc1cc(S(=O)(=O)Cc2cccc(F)c2Cl)ccc1N. The molecule has 3 nitrogen and oxygen atoms in total. The Balaban J connectivity index is 2.41. The third-order valence-corrected chi connectivity index (χ3v) is 5.06. The zero-order valence-corrected chi connectivity index (χ0v) is 12.3. The Morgan fingerprint density at radius 3 is 2.60 bits per heavy atom. The topological polar surface area (TPSA) is 60.2 Å².